The van der Waals surface area contributed by atoms with Gasteiger partial charge in [-0.05, 0) is 36.8 Å². The van der Waals surface area contributed by atoms with Crippen molar-refractivity contribution in [1.82, 2.24) is 10.3 Å². The lowest BCUT2D eigenvalue weighted by Gasteiger charge is -2.24. The lowest BCUT2D eigenvalue weighted by atomic mass is 10.0. The van der Waals surface area contributed by atoms with E-state index in [0.717, 1.165) is 27.7 Å². The Hall–Kier alpha value is -2.35. The molecule has 5 nitrogen and oxygen atoms in total. The lowest BCUT2D eigenvalue weighted by molar-refractivity contribution is 0.0643. The summed E-state index contributed by atoms with van der Waals surface area (Å²) in [6.45, 7) is 1.95. The minimum Gasteiger partial charge on any atom is -0.497 e. The Morgan fingerprint density at radius 1 is 1.17 bits per heavy atom. The first kappa shape index (κ1) is 21.4. The van der Waals surface area contributed by atoms with Crippen molar-refractivity contribution in [3.63, 3.8) is 0 Å². The first-order valence-electron chi connectivity index (χ1n) is 9.19. The maximum Gasteiger partial charge on any atom is 0.252 e. The molecule has 0 fully saturated rings. The standard InChI is InChI=1S/C22H24N2O3S2/c1-15(21(27-3)16-8-10-18(26-2)11-9-16)24-22(25)19-6-4-5-7-20(19)29-13-17-12-28-14-23-17/h4-12,14-15,21H,13H2,1-3H3,(H,24,25). The van der Waals surface area contributed by atoms with Crippen LogP contribution in [-0.4, -0.2) is 31.2 Å². The first-order chi connectivity index (χ1) is 14.1. The molecule has 1 amide bonds. The lowest BCUT2D eigenvalue weighted by Crippen LogP contribution is -2.38. The van der Waals surface area contributed by atoms with Gasteiger partial charge in [0.1, 0.15) is 11.9 Å². The molecular weight excluding hydrogens is 404 g/mol. The number of carbonyl (C=O) groups excluding carboxylic acids is 1. The van der Waals surface area contributed by atoms with E-state index < -0.39 is 0 Å². The molecule has 0 saturated heterocycles. The summed E-state index contributed by atoms with van der Waals surface area (Å²) in [4.78, 5) is 18.2. The number of thioether (sulfide) groups is 1. The summed E-state index contributed by atoms with van der Waals surface area (Å²) >= 11 is 3.19. The van der Waals surface area contributed by atoms with Crippen LogP contribution in [0.2, 0.25) is 0 Å². The van der Waals surface area contributed by atoms with Gasteiger partial charge in [0.2, 0.25) is 0 Å². The van der Waals surface area contributed by atoms with Crippen molar-refractivity contribution in [2.75, 3.05) is 14.2 Å². The smallest absolute Gasteiger partial charge is 0.252 e. The van der Waals surface area contributed by atoms with Gasteiger partial charge in [0.15, 0.2) is 0 Å². The van der Waals surface area contributed by atoms with Gasteiger partial charge in [0, 0.05) is 23.1 Å². The number of rotatable bonds is 9. The Balaban J connectivity index is 1.69. The van der Waals surface area contributed by atoms with E-state index in [1.54, 1.807) is 37.3 Å². The number of amides is 1. The Morgan fingerprint density at radius 2 is 1.93 bits per heavy atom. The quantitative estimate of drug-likeness (QED) is 0.489. The number of ether oxygens (including phenoxy) is 2. The van der Waals surface area contributed by atoms with Crippen molar-refractivity contribution < 1.29 is 14.3 Å². The zero-order valence-electron chi connectivity index (χ0n) is 16.6. The number of hydrogen-bond donors (Lipinski definition) is 1. The molecule has 0 aliphatic rings. The van der Waals surface area contributed by atoms with Crippen LogP contribution in [0.3, 0.4) is 0 Å². The molecule has 0 bridgehead atoms. The highest BCUT2D eigenvalue weighted by atomic mass is 32.2. The molecule has 3 aromatic rings. The summed E-state index contributed by atoms with van der Waals surface area (Å²) in [6.07, 6.45) is -0.264. The van der Waals surface area contributed by atoms with Crippen molar-refractivity contribution in [1.29, 1.82) is 0 Å². The van der Waals surface area contributed by atoms with Crippen LogP contribution < -0.4 is 10.1 Å². The molecule has 1 aromatic heterocycles. The molecular formula is C22H24N2O3S2. The van der Waals surface area contributed by atoms with Crippen LogP contribution in [0.1, 0.15) is 34.6 Å². The van der Waals surface area contributed by atoms with Crippen molar-refractivity contribution in [2.45, 2.75) is 29.7 Å². The SMILES string of the molecule is COc1ccc(C(OC)C(C)NC(=O)c2ccccc2SCc2cscn2)cc1. The largest absolute Gasteiger partial charge is 0.497 e. The Bertz CT molecular complexity index is 914. The number of carbonyl (C=O) groups is 1. The number of benzene rings is 2. The molecule has 2 atom stereocenters. The third-order valence-corrected chi connectivity index (χ3v) is 6.24. The number of aromatic nitrogens is 1. The molecule has 3 rings (SSSR count). The Kier molecular flexibility index (Phi) is 7.69. The number of hydrogen-bond acceptors (Lipinski definition) is 6. The third kappa shape index (κ3) is 5.59. The number of methoxy groups -OCH3 is 2. The molecule has 0 aliphatic heterocycles. The fourth-order valence-electron chi connectivity index (χ4n) is 3.02. The molecule has 2 unspecified atom stereocenters. The van der Waals surface area contributed by atoms with Gasteiger partial charge in [0.25, 0.3) is 5.91 Å². The monoisotopic (exact) mass is 428 g/mol. The third-order valence-electron chi connectivity index (χ3n) is 4.50. The van der Waals surface area contributed by atoms with E-state index in [1.807, 2.05) is 66.3 Å². The van der Waals surface area contributed by atoms with Crippen LogP contribution >= 0.6 is 23.1 Å². The molecule has 0 radical (unpaired) electrons. The molecule has 152 valence electrons. The van der Waals surface area contributed by atoms with E-state index in [1.165, 1.54) is 0 Å². The molecule has 0 saturated carbocycles. The molecule has 0 aliphatic carbocycles. The molecule has 1 heterocycles. The maximum atomic E-state index is 13.0. The van der Waals surface area contributed by atoms with Crippen molar-refractivity contribution >= 4 is 29.0 Å². The average Bonchev–Trinajstić information content (AvgIpc) is 3.27. The van der Waals surface area contributed by atoms with Crippen LogP contribution in [0.25, 0.3) is 0 Å². The predicted octanol–water partition coefficient (Wildman–Crippen LogP) is 4.95. The highest BCUT2D eigenvalue weighted by molar-refractivity contribution is 7.98. The second-order valence-electron chi connectivity index (χ2n) is 6.46. The van der Waals surface area contributed by atoms with Crippen molar-refractivity contribution in [2.24, 2.45) is 0 Å². The number of thiazole rings is 1. The van der Waals surface area contributed by atoms with Crippen LogP contribution in [0.4, 0.5) is 0 Å². The normalized spacial score (nSPS) is 12.9. The summed E-state index contributed by atoms with van der Waals surface area (Å²) in [5.41, 5.74) is 4.47. The summed E-state index contributed by atoms with van der Waals surface area (Å²) in [6, 6.07) is 15.1. The molecule has 0 spiro atoms. The molecule has 7 heteroatoms. The second kappa shape index (κ2) is 10.4. The Labute approximate surface area is 179 Å². The highest BCUT2D eigenvalue weighted by Crippen LogP contribution is 2.27. The van der Waals surface area contributed by atoms with Gasteiger partial charge in [-0.3, -0.25) is 4.79 Å². The van der Waals surface area contributed by atoms with Gasteiger partial charge in [-0.15, -0.1) is 23.1 Å². The number of nitrogens with zero attached hydrogens (tertiary/aromatic N) is 1. The topological polar surface area (TPSA) is 60.5 Å². The van der Waals surface area contributed by atoms with Gasteiger partial charge < -0.3 is 14.8 Å². The summed E-state index contributed by atoms with van der Waals surface area (Å²) in [5.74, 6) is 1.40. The number of nitrogens with one attached hydrogen (secondary N) is 1. The minimum atomic E-state index is -0.264. The summed E-state index contributed by atoms with van der Waals surface area (Å²) in [7, 11) is 3.28. The minimum absolute atomic E-state index is 0.116. The molecule has 29 heavy (non-hydrogen) atoms. The van der Waals surface area contributed by atoms with Crippen LogP contribution in [-0.2, 0) is 10.5 Å². The van der Waals surface area contributed by atoms with E-state index >= 15 is 0 Å². The summed E-state index contributed by atoms with van der Waals surface area (Å²) < 4.78 is 10.9. The average molecular weight is 429 g/mol. The van der Waals surface area contributed by atoms with E-state index in [2.05, 4.69) is 10.3 Å². The summed E-state index contributed by atoms with van der Waals surface area (Å²) in [5, 5.41) is 5.11. The first-order valence-corrected chi connectivity index (χ1v) is 11.1. The second-order valence-corrected chi connectivity index (χ2v) is 8.19. The van der Waals surface area contributed by atoms with E-state index in [4.69, 9.17) is 9.47 Å². The van der Waals surface area contributed by atoms with Crippen molar-refractivity contribution in [3.8, 4) is 5.75 Å². The zero-order valence-corrected chi connectivity index (χ0v) is 18.3. The van der Waals surface area contributed by atoms with Crippen LogP contribution in [0, 0.1) is 0 Å². The van der Waals surface area contributed by atoms with Gasteiger partial charge in [-0.25, -0.2) is 4.98 Å². The zero-order chi connectivity index (χ0) is 20.6. The van der Waals surface area contributed by atoms with Crippen molar-refractivity contribution in [3.05, 3.63) is 76.2 Å². The van der Waals surface area contributed by atoms with Gasteiger partial charge in [-0.1, -0.05) is 24.3 Å². The predicted molar refractivity (Wildman–Crippen MR) is 118 cm³/mol. The maximum absolute atomic E-state index is 13.0. The van der Waals surface area contributed by atoms with Gasteiger partial charge in [0.05, 0.1) is 29.9 Å². The Morgan fingerprint density at radius 3 is 2.59 bits per heavy atom. The van der Waals surface area contributed by atoms with E-state index in [0.29, 0.717) is 5.56 Å². The molecule has 1 N–H and O–H groups in total. The highest BCUT2D eigenvalue weighted by Gasteiger charge is 2.22. The van der Waals surface area contributed by atoms with Gasteiger partial charge in [-0.2, -0.15) is 0 Å². The van der Waals surface area contributed by atoms with Gasteiger partial charge >= 0.3 is 0 Å². The molecule has 2 aromatic carbocycles. The van der Waals surface area contributed by atoms with Crippen LogP contribution in [0.5, 0.6) is 5.75 Å². The fourth-order valence-corrected chi connectivity index (χ4v) is 4.64. The van der Waals surface area contributed by atoms with E-state index in [-0.39, 0.29) is 18.1 Å². The fraction of sp³-hybridized carbons (Fsp3) is 0.273. The van der Waals surface area contributed by atoms with E-state index in [9.17, 15) is 4.79 Å². The van der Waals surface area contributed by atoms with Crippen LogP contribution in [0.15, 0.2) is 64.3 Å².